The quantitative estimate of drug-likeness (QED) is 0.226. The van der Waals surface area contributed by atoms with Gasteiger partial charge in [-0.3, -0.25) is 9.59 Å². The highest BCUT2D eigenvalue weighted by Gasteiger charge is 2.30. The summed E-state index contributed by atoms with van der Waals surface area (Å²) in [7, 11) is 0. The molecule has 28 heavy (non-hydrogen) atoms. The van der Waals surface area contributed by atoms with Gasteiger partial charge in [0.05, 0.1) is 6.61 Å². The van der Waals surface area contributed by atoms with E-state index in [0.29, 0.717) is 6.61 Å². The fourth-order valence-electron chi connectivity index (χ4n) is 3.14. The first-order chi connectivity index (χ1) is 13.5. The summed E-state index contributed by atoms with van der Waals surface area (Å²) in [5.74, 6) is -0.807. The summed E-state index contributed by atoms with van der Waals surface area (Å²) in [5.41, 5.74) is 0. The first kappa shape index (κ1) is 24.6. The lowest BCUT2D eigenvalue weighted by molar-refractivity contribution is -0.197. The van der Waals surface area contributed by atoms with Gasteiger partial charge in [-0.2, -0.15) is 0 Å². The number of unbranched alkanes of at least 4 members (excludes halogenated alkanes) is 9. The molecule has 162 valence electrons. The van der Waals surface area contributed by atoms with E-state index in [1.165, 1.54) is 65.2 Å². The van der Waals surface area contributed by atoms with E-state index in [2.05, 4.69) is 6.92 Å². The van der Waals surface area contributed by atoms with Crippen LogP contribution in [-0.2, 0) is 28.5 Å². The second-order valence-corrected chi connectivity index (χ2v) is 7.36. The summed E-state index contributed by atoms with van der Waals surface area (Å²) < 4.78 is 21.7. The van der Waals surface area contributed by atoms with Gasteiger partial charge in [0.25, 0.3) is 0 Å². The zero-order valence-corrected chi connectivity index (χ0v) is 17.8. The molecule has 1 rings (SSSR count). The minimum Gasteiger partial charge on any atom is -0.463 e. The Hall–Kier alpha value is -1.40. The van der Waals surface area contributed by atoms with E-state index in [-0.39, 0.29) is 6.61 Å². The smallest absolute Gasteiger partial charge is 0.303 e. The number of esters is 2. The van der Waals surface area contributed by atoms with Crippen LogP contribution in [0.15, 0.2) is 12.2 Å². The Balaban J connectivity index is 2.16. The third-order valence-corrected chi connectivity index (χ3v) is 4.67. The maximum atomic E-state index is 11.2. The summed E-state index contributed by atoms with van der Waals surface area (Å²) in [6.45, 7) is 5.55. The van der Waals surface area contributed by atoms with Crippen LogP contribution in [0.4, 0.5) is 0 Å². The van der Waals surface area contributed by atoms with E-state index in [9.17, 15) is 9.59 Å². The molecule has 3 atom stereocenters. The molecule has 0 spiro atoms. The van der Waals surface area contributed by atoms with Gasteiger partial charge < -0.3 is 18.9 Å². The van der Waals surface area contributed by atoms with Gasteiger partial charge in [0.1, 0.15) is 18.8 Å². The van der Waals surface area contributed by atoms with E-state index in [4.69, 9.17) is 18.9 Å². The van der Waals surface area contributed by atoms with E-state index in [1.54, 1.807) is 12.2 Å². The van der Waals surface area contributed by atoms with Gasteiger partial charge in [-0.1, -0.05) is 64.7 Å². The van der Waals surface area contributed by atoms with Gasteiger partial charge in [0.15, 0.2) is 6.29 Å². The Morgan fingerprint density at radius 2 is 1.46 bits per heavy atom. The Bertz CT molecular complexity index is 462. The van der Waals surface area contributed by atoms with Crippen LogP contribution in [0.3, 0.4) is 0 Å². The average Bonchev–Trinajstić information content (AvgIpc) is 2.65. The monoisotopic (exact) mass is 398 g/mol. The molecule has 1 heterocycles. The van der Waals surface area contributed by atoms with Crippen molar-refractivity contribution in [3.8, 4) is 0 Å². The minimum absolute atomic E-state index is 0.0235. The van der Waals surface area contributed by atoms with Crippen LogP contribution in [0.2, 0.25) is 0 Å². The first-order valence-corrected chi connectivity index (χ1v) is 10.8. The highest BCUT2D eigenvalue weighted by Crippen LogP contribution is 2.18. The van der Waals surface area contributed by atoms with Crippen molar-refractivity contribution >= 4 is 11.9 Å². The van der Waals surface area contributed by atoms with Crippen LogP contribution in [-0.4, -0.2) is 43.7 Å². The third-order valence-electron chi connectivity index (χ3n) is 4.67. The maximum Gasteiger partial charge on any atom is 0.303 e. The Morgan fingerprint density at radius 1 is 0.857 bits per heavy atom. The van der Waals surface area contributed by atoms with Gasteiger partial charge in [0.2, 0.25) is 0 Å². The van der Waals surface area contributed by atoms with Crippen molar-refractivity contribution < 1.29 is 28.5 Å². The lowest BCUT2D eigenvalue weighted by Crippen LogP contribution is -2.42. The zero-order valence-electron chi connectivity index (χ0n) is 17.8. The standard InChI is InChI=1S/C22H38O6/c1-4-5-6-7-8-9-10-11-12-13-16-25-22-15-14-20(27-19(3)24)21(28-22)17-26-18(2)23/h14-15,20-22H,4-13,16-17H2,1-3H3/t20-,21-,22?/m1/s1. The fraction of sp³-hybridized carbons (Fsp3) is 0.818. The topological polar surface area (TPSA) is 71.1 Å². The molecule has 0 aromatic carbocycles. The predicted octanol–water partition coefficient (Wildman–Crippen LogP) is 4.70. The Kier molecular flexibility index (Phi) is 13.7. The highest BCUT2D eigenvalue weighted by molar-refractivity contribution is 5.66. The van der Waals surface area contributed by atoms with Crippen LogP contribution in [0.25, 0.3) is 0 Å². The number of ether oxygens (including phenoxy) is 4. The summed E-state index contributed by atoms with van der Waals surface area (Å²) in [6.07, 6.45) is 14.6. The van der Waals surface area contributed by atoms with Gasteiger partial charge in [0, 0.05) is 13.8 Å². The van der Waals surface area contributed by atoms with Gasteiger partial charge in [-0.15, -0.1) is 0 Å². The van der Waals surface area contributed by atoms with E-state index in [1.807, 2.05) is 0 Å². The molecule has 0 aromatic rings. The molecule has 0 fully saturated rings. The molecule has 0 N–H and O–H groups in total. The summed E-state index contributed by atoms with van der Waals surface area (Å²) in [4.78, 5) is 22.3. The van der Waals surface area contributed by atoms with Crippen molar-refractivity contribution in [2.45, 2.75) is 103 Å². The average molecular weight is 399 g/mol. The molecule has 1 unspecified atom stereocenters. The van der Waals surface area contributed by atoms with E-state index < -0.39 is 30.4 Å². The molecule has 0 aliphatic carbocycles. The normalized spacial score (nSPS) is 21.5. The Morgan fingerprint density at radius 3 is 2.04 bits per heavy atom. The molecule has 0 amide bonds. The molecule has 6 nitrogen and oxygen atoms in total. The molecule has 0 saturated carbocycles. The third kappa shape index (κ3) is 12.1. The van der Waals surface area contributed by atoms with Crippen LogP contribution in [0.1, 0.15) is 85.0 Å². The second kappa shape index (κ2) is 15.5. The zero-order chi connectivity index (χ0) is 20.6. The van der Waals surface area contributed by atoms with Crippen molar-refractivity contribution in [2.75, 3.05) is 13.2 Å². The summed E-state index contributed by atoms with van der Waals surface area (Å²) in [6, 6.07) is 0. The summed E-state index contributed by atoms with van der Waals surface area (Å²) >= 11 is 0. The Labute approximate surface area is 169 Å². The van der Waals surface area contributed by atoms with Crippen LogP contribution < -0.4 is 0 Å². The lowest BCUT2D eigenvalue weighted by Gasteiger charge is -2.31. The fourth-order valence-corrected chi connectivity index (χ4v) is 3.14. The molecule has 0 saturated heterocycles. The van der Waals surface area contributed by atoms with Crippen LogP contribution in [0.5, 0.6) is 0 Å². The SMILES string of the molecule is CCCCCCCCCCCCOC1C=C[C@@H](OC(C)=O)[C@@H](COC(C)=O)O1. The molecule has 1 aliphatic rings. The van der Waals surface area contributed by atoms with Crippen molar-refractivity contribution in [2.24, 2.45) is 0 Å². The van der Waals surface area contributed by atoms with Gasteiger partial charge in [-0.05, 0) is 18.6 Å². The summed E-state index contributed by atoms with van der Waals surface area (Å²) in [5, 5.41) is 0. The second-order valence-electron chi connectivity index (χ2n) is 7.36. The van der Waals surface area contributed by atoms with Crippen LogP contribution >= 0.6 is 0 Å². The number of hydrogen-bond donors (Lipinski definition) is 0. The lowest BCUT2D eigenvalue weighted by atomic mass is 10.1. The predicted molar refractivity (Wildman–Crippen MR) is 108 cm³/mol. The van der Waals surface area contributed by atoms with Crippen LogP contribution in [0, 0.1) is 0 Å². The molecular weight excluding hydrogens is 360 g/mol. The maximum absolute atomic E-state index is 11.2. The molecule has 6 heteroatoms. The van der Waals surface area contributed by atoms with Gasteiger partial charge >= 0.3 is 11.9 Å². The number of rotatable bonds is 15. The van der Waals surface area contributed by atoms with E-state index >= 15 is 0 Å². The molecule has 0 bridgehead atoms. The van der Waals surface area contributed by atoms with E-state index in [0.717, 1.165) is 12.8 Å². The van der Waals surface area contributed by atoms with Gasteiger partial charge in [-0.25, -0.2) is 0 Å². The number of carbonyl (C=O) groups is 2. The molecular formula is C22H38O6. The molecule has 1 aliphatic heterocycles. The van der Waals surface area contributed by atoms with Crippen molar-refractivity contribution in [3.63, 3.8) is 0 Å². The molecule has 0 radical (unpaired) electrons. The number of carbonyl (C=O) groups excluding carboxylic acids is 2. The first-order valence-electron chi connectivity index (χ1n) is 10.8. The largest absolute Gasteiger partial charge is 0.463 e. The molecule has 0 aromatic heterocycles. The van der Waals surface area contributed by atoms with Crippen molar-refractivity contribution in [1.82, 2.24) is 0 Å². The minimum atomic E-state index is -0.575. The van der Waals surface area contributed by atoms with Crippen molar-refractivity contribution in [1.29, 1.82) is 0 Å². The number of hydrogen-bond acceptors (Lipinski definition) is 6. The van der Waals surface area contributed by atoms with Crippen molar-refractivity contribution in [3.05, 3.63) is 12.2 Å². The highest BCUT2D eigenvalue weighted by atomic mass is 16.7.